The summed E-state index contributed by atoms with van der Waals surface area (Å²) < 4.78 is 76.0. The third kappa shape index (κ3) is 5.70. The highest BCUT2D eigenvalue weighted by atomic mass is 35.5. The molecule has 2 aromatic rings. The highest BCUT2D eigenvalue weighted by Gasteiger charge is 2.49. The van der Waals surface area contributed by atoms with Gasteiger partial charge < -0.3 is 19.7 Å². The predicted octanol–water partition coefficient (Wildman–Crippen LogP) is 5.60. The molecule has 35 heavy (non-hydrogen) atoms. The molecule has 0 unspecified atom stereocenters. The number of ether oxygens (including phenoxy) is 2. The van der Waals surface area contributed by atoms with Crippen molar-refractivity contribution in [1.29, 1.82) is 0 Å². The minimum Gasteiger partial charge on any atom is -0.435 e. The van der Waals surface area contributed by atoms with Gasteiger partial charge in [0.2, 0.25) is 0 Å². The van der Waals surface area contributed by atoms with Crippen LogP contribution in [-0.2, 0) is 9.53 Å². The number of halogens is 6. The van der Waals surface area contributed by atoms with Gasteiger partial charge in [0.1, 0.15) is 5.75 Å². The van der Waals surface area contributed by atoms with Gasteiger partial charge in [-0.05, 0) is 49.6 Å². The van der Waals surface area contributed by atoms with Gasteiger partial charge in [-0.3, -0.25) is 4.79 Å². The largest absolute Gasteiger partial charge is 0.471 e. The maximum absolute atomic E-state index is 13.1. The zero-order chi connectivity index (χ0) is 24.5. The van der Waals surface area contributed by atoms with E-state index in [1.54, 1.807) is 0 Å². The Hall–Kier alpha value is -2.43. The SMILES string of the molecule is CN(C(=O)C(F)(F)F)c1ccc(OC(F)F)c([C@H]2CO[C@]3(CCCN[C@H]3c3ccccc3)C2)c1.Cl. The van der Waals surface area contributed by atoms with Crippen LogP contribution >= 0.6 is 12.4 Å². The summed E-state index contributed by atoms with van der Waals surface area (Å²) in [5.41, 5.74) is 0.655. The Bertz CT molecular complexity index is 1020. The standard InChI is InChI=1S/C24H25F5N2O3.ClH/c1-31(21(32)24(27,28)29)17-8-9-19(34-22(25)26)18(12-17)16-13-23(33-14-16)10-5-11-30-20(23)15-6-3-2-4-7-15;/h2-4,6-9,12,16,20,22,30H,5,10-11,13-14H2,1H3;1H/t16-,20+,23-;/m1./s1. The van der Waals surface area contributed by atoms with Gasteiger partial charge in [0, 0.05) is 24.2 Å². The molecule has 2 aliphatic rings. The Morgan fingerprint density at radius 3 is 2.57 bits per heavy atom. The maximum atomic E-state index is 13.1. The van der Waals surface area contributed by atoms with Crippen LogP contribution in [0.2, 0.25) is 0 Å². The lowest BCUT2D eigenvalue weighted by molar-refractivity contribution is -0.170. The Morgan fingerprint density at radius 2 is 1.91 bits per heavy atom. The van der Waals surface area contributed by atoms with Crippen molar-refractivity contribution in [1.82, 2.24) is 5.32 Å². The average Bonchev–Trinajstić information content (AvgIpc) is 3.22. The number of hydrogen-bond acceptors (Lipinski definition) is 4. The molecule has 2 fully saturated rings. The van der Waals surface area contributed by atoms with Crippen molar-refractivity contribution in [3.63, 3.8) is 0 Å². The molecule has 1 spiro atoms. The van der Waals surface area contributed by atoms with Crippen molar-refractivity contribution >= 4 is 24.0 Å². The molecule has 2 saturated heterocycles. The van der Waals surface area contributed by atoms with Crippen molar-refractivity contribution < 1.29 is 36.2 Å². The number of carbonyl (C=O) groups excluding carboxylic acids is 1. The van der Waals surface area contributed by atoms with Crippen LogP contribution in [0.25, 0.3) is 0 Å². The smallest absolute Gasteiger partial charge is 0.435 e. The first-order valence-electron chi connectivity index (χ1n) is 11.0. The van der Waals surface area contributed by atoms with Crippen molar-refractivity contribution in [3.05, 3.63) is 59.7 Å². The fourth-order valence-corrected chi connectivity index (χ4v) is 4.98. The van der Waals surface area contributed by atoms with E-state index >= 15 is 0 Å². The molecule has 0 aliphatic carbocycles. The molecule has 0 bridgehead atoms. The van der Waals surface area contributed by atoms with E-state index < -0.39 is 30.2 Å². The summed E-state index contributed by atoms with van der Waals surface area (Å²) in [6.45, 7) is -2.12. The van der Waals surface area contributed by atoms with Crippen LogP contribution in [0.15, 0.2) is 48.5 Å². The van der Waals surface area contributed by atoms with Crippen LogP contribution in [0.5, 0.6) is 5.75 Å². The van der Waals surface area contributed by atoms with Gasteiger partial charge in [-0.2, -0.15) is 22.0 Å². The molecule has 5 nitrogen and oxygen atoms in total. The fourth-order valence-electron chi connectivity index (χ4n) is 4.98. The zero-order valence-electron chi connectivity index (χ0n) is 18.9. The minimum absolute atomic E-state index is 0. The van der Waals surface area contributed by atoms with Gasteiger partial charge in [-0.1, -0.05) is 30.3 Å². The van der Waals surface area contributed by atoms with E-state index in [4.69, 9.17) is 4.74 Å². The normalized spacial score (nSPS) is 24.3. The van der Waals surface area contributed by atoms with Gasteiger partial charge in [-0.25, -0.2) is 0 Å². The molecule has 0 aromatic heterocycles. The summed E-state index contributed by atoms with van der Waals surface area (Å²) in [7, 11) is 0.992. The number of hydrogen-bond donors (Lipinski definition) is 1. The number of amides is 1. The number of anilines is 1. The zero-order valence-corrected chi connectivity index (χ0v) is 19.7. The first-order valence-corrected chi connectivity index (χ1v) is 11.0. The maximum Gasteiger partial charge on any atom is 0.471 e. The monoisotopic (exact) mass is 520 g/mol. The van der Waals surface area contributed by atoms with Crippen LogP contribution in [0, 0.1) is 0 Å². The summed E-state index contributed by atoms with van der Waals surface area (Å²) in [4.78, 5) is 12.2. The van der Waals surface area contributed by atoms with Crippen molar-refractivity contribution in [3.8, 4) is 5.75 Å². The third-order valence-corrected chi connectivity index (χ3v) is 6.53. The second-order valence-electron chi connectivity index (χ2n) is 8.64. The number of piperidine rings is 1. The Kier molecular flexibility index (Phi) is 8.28. The Balaban J connectivity index is 0.00000342. The molecule has 11 heteroatoms. The molecule has 4 rings (SSSR count). The van der Waals surface area contributed by atoms with E-state index in [2.05, 4.69) is 10.1 Å². The van der Waals surface area contributed by atoms with E-state index in [1.165, 1.54) is 12.1 Å². The molecule has 0 radical (unpaired) electrons. The third-order valence-electron chi connectivity index (χ3n) is 6.53. The van der Waals surface area contributed by atoms with E-state index in [0.29, 0.717) is 11.3 Å². The summed E-state index contributed by atoms with van der Waals surface area (Å²) in [6.07, 6.45) is -3.00. The number of carbonyl (C=O) groups is 1. The summed E-state index contributed by atoms with van der Waals surface area (Å²) in [5.74, 6) is -2.60. The molecule has 1 N–H and O–H groups in total. The molecule has 1 amide bonds. The quantitative estimate of drug-likeness (QED) is 0.521. The summed E-state index contributed by atoms with van der Waals surface area (Å²) in [6, 6.07) is 13.3. The highest BCUT2D eigenvalue weighted by Crippen LogP contribution is 2.50. The van der Waals surface area contributed by atoms with E-state index in [0.717, 1.165) is 38.1 Å². The molecule has 192 valence electrons. The number of nitrogens with one attached hydrogen (secondary N) is 1. The van der Waals surface area contributed by atoms with Crippen LogP contribution in [0.3, 0.4) is 0 Å². The first kappa shape index (κ1) is 27.2. The van der Waals surface area contributed by atoms with Crippen LogP contribution in [0.1, 0.15) is 42.3 Å². The predicted molar refractivity (Wildman–Crippen MR) is 122 cm³/mol. The van der Waals surface area contributed by atoms with Gasteiger partial charge in [0.25, 0.3) is 0 Å². The number of rotatable bonds is 5. The van der Waals surface area contributed by atoms with Crippen LogP contribution < -0.4 is 15.0 Å². The molecule has 3 atom stereocenters. The topological polar surface area (TPSA) is 50.8 Å². The molecular formula is C24H26ClF5N2O3. The lowest BCUT2D eigenvalue weighted by Gasteiger charge is -2.41. The van der Waals surface area contributed by atoms with Gasteiger partial charge in [0.05, 0.1) is 18.2 Å². The fraction of sp³-hybridized carbons (Fsp3) is 0.458. The van der Waals surface area contributed by atoms with Gasteiger partial charge in [0.15, 0.2) is 0 Å². The van der Waals surface area contributed by atoms with Crippen molar-refractivity contribution in [2.45, 2.75) is 49.6 Å². The summed E-state index contributed by atoms with van der Waals surface area (Å²) >= 11 is 0. The number of nitrogens with zero attached hydrogens (tertiary/aromatic N) is 1. The van der Waals surface area contributed by atoms with Crippen LogP contribution in [0.4, 0.5) is 27.6 Å². The number of alkyl halides is 5. The Labute approximate surface area is 206 Å². The van der Waals surface area contributed by atoms with Gasteiger partial charge in [-0.15, -0.1) is 12.4 Å². The Morgan fingerprint density at radius 1 is 1.20 bits per heavy atom. The van der Waals surface area contributed by atoms with Crippen molar-refractivity contribution in [2.75, 3.05) is 25.1 Å². The average molecular weight is 521 g/mol. The van der Waals surface area contributed by atoms with E-state index in [-0.39, 0.29) is 42.1 Å². The van der Waals surface area contributed by atoms with Crippen molar-refractivity contribution in [2.24, 2.45) is 0 Å². The van der Waals surface area contributed by atoms with E-state index in [9.17, 15) is 26.7 Å². The molecule has 2 heterocycles. The van der Waals surface area contributed by atoms with Crippen LogP contribution in [-0.4, -0.2) is 44.5 Å². The first-order chi connectivity index (χ1) is 16.1. The molecule has 2 aromatic carbocycles. The molecule has 2 aliphatic heterocycles. The second kappa shape index (κ2) is 10.7. The lowest BCUT2D eigenvalue weighted by Crippen LogP contribution is -2.48. The molecular weight excluding hydrogens is 495 g/mol. The van der Waals surface area contributed by atoms with E-state index in [1.807, 2.05) is 30.3 Å². The lowest BCUT2D eigenvalue weighted by atomic mass is 9.77. The van der Waals surface area contributed by atoms with Gasteiger partial charge >= 0.3 is 18.7 Å². The minimum atomic E-state index is -5.07. The summed E-state index contributed by atoms with van der Waals surface area (Å²) in [5, 5.41) is 3.49. The molecule has 0 saturated carbocycles. The second-order valence-corrected chi connectivity index (χ2v) is 8.64. The highest BCUT2D eigenvalue weighted by molar-refractivity contribution is 5.97. The number of benzene rings is 2.